The molecule has 136 valence electrons. The number of ether oxygens (including phenoxy) is 1. The Hall–Kier alpha value is -3.15. The quantitative estimate of drug-likeness (QED) is 0.383. The van der Waals surface area contributed by atoms with E-state index in [1.807, 2.05) is 0 Å². The number of nitrogens with one attached hydrogen (secondary N) is 2. The van der Waals surface area contributed by atoms with Gasteiger partial charge in [0.2, 0.25) is 0 Å². The van der Waals surface area contributed by atoms with Gasteiger partial charge in [0.05, 0.1) is 12.7 Å². The van der Waals surface area contributed by atoms with Crippen LogP contribution in [0.5, 0.6) is 17.2 Å². The van der Waals surface area contributed by atoms with E-state index in [0.717, 1.165) is 19.5 Å². The number of carbonyl (C=O) groups excluding carboxylic acids is 1. The Labute approximate surface area is 152 Å². The maximum Gasteiger partial charge on any atom is 0.197 e. The first-order valence-corrected chi connectivity index (χ1v) is 8.45. The molecule has 0 radical (unpaired) electrons. The number of hydrogen-bond acceptors (Lipinski definition) is 6. The highest BCUT2D eigenvalue weighted by molar-refractivity contribution is 6.29. The van der Waals surface area contributed by atoms with E-state index in [1.54, 1.807) is 38.3 Å². The maximum atomic E-state index is 13.3. The van der Waals surface area contributed by atoms with Crippen molar-refractivity contribution < 1.29 is 19.7 Å². The lowest BCUT2D eigenvalue weighted by atomic mass is 9.92. The topological polar surface area (TPSA) is 90.8 Å². The van der Waals surface area contributed by atoms with Gasteiger partial charge in [0.1, 0.15) is 11.6 Å². The predicted octanol–water partition coefficient (Wildman–Crippen LogP) is 2.55. The molecule has 1 fully saturated rings. The van der Waals surface area contributed by atoms with Crippen molar-refractivity contribution in [1.82, 2.24) is 10.6 Å². The van der Waals surface area contributed by atoms with Crippen molar-refractivity contribution in [3.05, 3.63) is 58.9 Å². The molecule has 0 bridgehead atoms. The SMILES string of the molecule is COc1ccc(C(=O)C(=C2NCCCN2)c2cc(O)c(O)cc2C)cc1. The van der Waals surface area contributed by atoms with Crippen LogP contribution in [0, 0.1) is 6.92 Å². The van der Waals surface area contributed by atoms with E-state index in [4.69, 9.17) is 4.74 Å². The number of phenols is 2. The van der Waals surface area contributed by atoms with E-state index in [9.17, 15) is 15.0 Å². The molecule has 1 aliphatic heterocycles. The van der Waals surface area contributed by atoms with Crippen molar-refractivity contribution in [2.45, 2.75) is 13.3 Å². The monoisotopic (exact) mass is 354 g/mol. The van der Waals surface area contributed by atoms with Crippen molar-refractivity contribution in [2.75, 3.05) is 20.2 Å². The van der Waals surface area contributed by atoms with Crippen molar-refractivity contribution in [3.8, 4) is 17.2 Å². The minimum atomic E-state index is -0.262. The van der Waals surface area contributed by atoms with Crippen LogP contribution in [0.15, 0.2) is 42.2 Å². The average Bonchev–Trinajstić information content (AvgIpc) is 2.67. The Morgan fingerprint density at radius 3 is 2.27 bits per heavy atom. The Morgan fingerprint density at radius 1 is 1.04 bits per heavy atom. The lowest BCUT2D eigenvalue weighted by Gasteiger charge is -2.24. The van der Waals surface area contributed by atoms with Gasteiger partial charge in [-0.25, -0.2) is 0 Å². The second-order valence-corrected chi connectivity index (χ2v) is 6.17. The molecule has 0 amide bonds. The minimum absolute atomic E-state index is 0.183. The molecule has 0 unspecified atom stereocenters. The molecule has 1 heterocycles. The summed E-state index contributed by atoms with van der Waals surface area (Å²) in [4.78, 5) is 13.3. The summed E-state index contributed by atoms with van der Waals surface area (Å²) >= 11 is 0. The number of aromatic hydroxyl groups is 2. The van der Waals surface area contributed by atoms with Gasteiger partial charge >= 0.3 is 0 Å². The van der Waals surface area contributed by atoms with Crippen LogP contribution in [0.3, 0.4) is 0 Å². The van der Waals surface area contributed by atoms with Crippen molar-refractivity contribution >= 4 is 11.4 Å². The average molecular weight is 354 g/mol. The molecular formula is C20H22N2O4. The molecule has 0 aromatic heterocycles. The van der Waals surface area contributed by atoms with Gasteiger partial charge in [-0.1, -0.05) is 0 Å². The fraction of sp³-hybridized carbons (Fsp3) is 0.250. The van der Waals surface area contributed by atoms with Crippen LogP contribution < -0.4 is 15.4 Å². The third kappa shape index (κ3) is 3.44. The van der Waals surface area contributed by atoms with E-state index in [2.05, 4.69) is 10.6 Å². The first-order valence-electron chi connectivity index (χ1n) is 8.45. The summed E-state index contributed by atoms with van der Waals surface area (Å²) in [6, 6.07) is 9.76. The van der Waals surface area contributed by atoms with Gasteiger partial charge in [0, 0.05) is 18.7 Å². The molecule has 1 saturated heterocycles. The summed E-state index contributed by atoms with van der Waals surface area (Å²) in [6.07, 6.45) is 0.952. The first kappa shape index (κ1) is 17.7. The number of allylic oxidation sites excluding steroid dienone is 1. The van der Waals surface area contributed by atoms with Gasteiger partial charge in [-0.05, 0) is 60.9 Å². The van der Waals surface area contributed by atoms with E-state index in [0.29, 0.717) is 33.8 Å². The molecular weight excluding hydrogens is 332 g/mol. The number of rotatable bonds is 4. The molecule has 6 nitrogen and oxygen atoms in total. The molecule has 26 heavy (non-hydrogen) atoms. The number of methoxy groups -OCH3 is 1. The van der Waals surface area contributed by atoms with Gasteiger partial charge < -0.3 is 25.6 Å². The minimum Gasteiger partial charge on any atom is -0.504 e. The molecule has 1 aliphatic rings. The van der Waals surface area contributed by atoms with Crippen molar-refractivity contribution in [1.29, 1.82) is 0 Å². The van der Waals surface area contributed by atoms with Gasteiger partial charge in [-0.15, -0.1) is 0 Å². The van der Waals surface area contributed by atoms with Crippen LogP contribution in [0.25, 0.3) is 5.57 Å². The molecule has 3 rings (SSSR count). The summed E-state index contributed by atoms with van der Waals surface area (Å²) in [6.45, 7) is 3.30. The summed E-state index contributed by atoms with van der Waals surface area (Å²) < 4.78 is 5.15. The van der Waals surface area contributed by atoms with Gasteiger partial charge in [-0.2, -0.15) is 0 Å². The molecule has 0 atom stereocenters. The third-order valence-corrected chi connectivity index (χ3v) is 4.38. The number of carbonyl (C=O) groups is 1. The normalized spacial score (nSPS) is 13.5. The highest BCUT2D eigenvalue weighted by atomic mass is 16.5. The van der Waals surface area contributed by atoms with Crippen LogP contribution >= 0.6 is 0 Å². The van der Waals surface area contributed by atoms with Crippen LogP contribution in [0.2, 0.25) is 0 Å². The maximum absolute atomic E-state index is 13.3. The second-order valence-electron chi connectivity index (χ2n) is 6.17. The standard InChI is InChI=1S/C20H22N2O4/c1-12-10-16(23)17(24)11-15(12)18(20-21-8-3-9-22-20)19(25)13-4-6-14(26-2)7-5-13/h4-7,10-11,21-24H,3,8-9H2,1-2H3. The summed E-state index contributed by atoms with van der Waals surface area (Å²) in [7, 11) is 1.57. The molecule has 6 heteroatoms. The number of benzene rings is 2. The van der Waals surface area contributed by atoms with E-state index in [1.165, 1.54) is 12.1 Å². The highest BCUT2D eigenvalue weighted by Crippen LogP contribution is 2.34. The van der Waals surface area contributed by atoms with Gasteiger partial charge in [0.25, 0.3) is 0 Å². The van der Waals surface area contributed by atoms with E-state index < -0.39 is 0 Å². The van der Waals surface area contributed by atoms with E-state index >= 15 is 0 Å². The number of Topliss-reactive ketones (excluding diaryl/α,β-unsaturated/α-hetero) is 1. The lowest BCUT2D eigenvalue weighted by molar-refractivity contribution is 0.105. The van der Waals surface area contributed by atoms with Crippen molar-refractivity contribution in [2.24, 2.45) is 0 Å². The lowest BCUT2D eigenvalue weighted by Crippen LogP contribution is -2.37. The van der Waals surface area contributed by atoms with Gasteiger partial charge in [0.15, 0.2) is 17.3 Å². The first-order chi connectivity index (χ1) is 12.5. The summed E-state index contributed by atoms with van der Waals surface area (Å²) in [5.74, 6) is 0.644. The largest absolute Gasteiger partial charge is 0.504 e. The number of hydrogen-bond donors (Lipinski definition) is 4. The number of ketones is 1. The number of aryl methyl sites for hydroxylation is 1. The summed E-state index contributed by atoms with van der Waals surface area (Å²) in [5, 5.41) is 26.1. The van der Waals surface area contributed by atoms with Gasteiger partial charge in [-0.3, -0.25) is 4.79 Å². The molecule has 2 aromatic rings. The van der Waals surface area contributed by atoms with Crippen LogP contribution in [0.4, 0.5) is 0 Å². The summed E-state index contributed by atoms with van der Waals surface area (Å²) in [5.41, 5.74) is 2.20. The van der Waals surface area contributed by atoms with Crippen LogP contribution in [0.1, 0.15) is 27.9 Å². The highest BCUT2D eigenvalue weighted by Gasteiger charge is 2.23. The van der Waals surface area contributed by atoms with E-state index in [-0.39, 0.29) is 17.3 Å². The fourth-order valence-electron chi connectivity index (χ4n) is 2.96. The zero-order chi connectivity index (χ0) is 18.7. The zero-order valence-electron chi connectivity index (χ0n) is 14.8. The molecule has 4 N–H and O–H groups in total. The molecule has 0 saturated carbocycles. The Balaban J connectivity index is 2.12. The molecule has 0 spiro atoms. The van der Waals surface area contributed by atoms with Crippen molar-refractivity contribution in [3.63, 3.8) is 0 Å². The Kier molecular flexibility index (Phi) is 5.02. The number of phenolic OH excluding ortho intramolecular Hbond substituents is 2. The predicted molar refractivity (Wildman–Crippen MR) is 99.4 cm³/mol. The second kappa shape index (κ2) is 7.39. The zero-order valence-corrected chi connectivity index (χ0v) is 14.8. The Bertz CT molecular complexity index is 849. The molecule has 2 aromatic carbocycles. The smallest absolute Gasteiger partial charge is 0.197 e. The fourth-order valence-corrected chi connectivity index (χ4v) is 2.96. The van der Waals surface area contributed by atoms with Crippen LogP contribution in [-0.2, 0) is 0 Å². The van der Waals surface area contributed by atoms with Crippen LogP contribution in [-0.4, -0.2) is 36.2 Å². The molecule has 0 aliphatic carbocycles. The third-order valence-electron chi connectivity index (χ3n) is 4.38. The Morgan fingerprint density at radius 2 is 1.65 bits per heavy atom.